The second kappa shape index (κ2) is 5.95. The molecule has 1 N–H and O–H groups in total. The van der Waals surface area contributed by atoms with Gasteiger partial charge in [-0.05, 0) is 38.0 Å². The molecule has 2 saturated heterocycles. The summed E-state index contributed by atoms with van der Waals surface area (Å²) in [6, 6.07) is 1.25. The average Bonchev–Trinajstić information content (AvgIpc) is 2.97. The summed E-state index contributed by atoms with van der Waals surface area (Å²) >= 11 is 0. The Labute approximate surface area is 119 Å². The van der Waals surface area contributed by atoms with Crippen LogP contribution < -0.4 is 0 Å². The number of hydrogen-bond acceptors (Lipinski definition) is 3. The zero-order chi connectivity index (χ0) is 13.9. The zero-order valence-electron chi connectivity index (χ0n) is 11.8. The molecule has 2 atom stereocenters. The number of fused-ring (bicyclic) bond motifs is 2. The van der Waals surface area contributed by atoms with Gasteiger partial charge in [-0.1, -0.05) is 0 Å². The highest BCUT2D eigenvalue weighted by atomic mass is 16.4. The number of nitrogens with zero attached hydrogens (tertiary/aromatic N) is 3. The van der Waals surface area contributed by atoms with Crippen LogP contribution in [0.2, 0.25) is 0 Å². The van der Waals surface area contributed by atoms with Crippen LogP contribution in [0.15, 0.2) is 18.7 Å². The van der Waals surface area contributed by atoms with Crippen molar-refractivity contribution in [2.24, 2.45) is 5.92 Å². The summed E-state index contributed by atoms with van der Waals surface area (Å²) in [5.74, 6) is -0.238. The molecule has 110 valence electrons. The van der Waals surface area contributed by atoms with Gasteiger partial charge in [-0.15, -0.1) is 0 Å². The molecule has 3 rings (SSSR count). The molecule has 0 amide bonds. The molecule has 2 unspecified atom stereocenters. The SMILES string of the molecule is O=C(O)CC1CC2CCC(C1)N2CCCn1ccnc1. The number of hydrogen-bond donors (Lipinski definition) is 1. The highest BCUT2D eigenvalue weighted by molar-refractivity contribution is 5.67. The molecule has 0 saturated carbocycles. The van der Waals surface area contributed by atoms with E-state index in [0.29, 0.717) is 24.4 Å². The summed E-state index contributed by atoms with van der Waals surface area (Å²) in [7, 11) is 0. The number of piperidine rings is 1. The molecule has 5 nitrogen and oxygen atoms in total. The number of rotatable bonds is 6. The Morgan fingerprint density at radius 3 is 2.60 bits per heavy atom. The maximum absolute atomic E-state index is 10.9. The quantitative estimate of drug-likeness (QED) is 0.864. The standard InChI is InChI=1S/C15H23N3O2/c19-15(20)10-12-8-13-2-3-14(9-12)18(13)6-1-5-17-7-4-16-11-17/h4,7,11-14H,1-3,5-6,8-10H2,(H,19,20). The number of imidazole rings is 1. The van der Waals surface area contributed by atoms with Crippen LogP contribution in [0.5, 0.6) is 0 Å². The van der Waals surface area contributed by atoms with E-state index in [-0.39, 0.29) is 0 Å². The lowest BCUT2D eigenvalue weighted by atomic mass is 9.88. The van der Waals surface area contributed by atoms with Gasteiger partial charge in [0.25, 0.3) is 0 Å². The molecule has 0 spiro atoms. The molecular formula is C15H23N3O2. The molecule has 5 heteroatoms. The van der Waals surface area contributed by atoms with Gasteiger partial charge >= 0.3 is 5.97 Å². The van der Waals surface area contributed by atoms with Gasteiger partial charge in [-0.25, -0.2) is 4.98 Å². The first-order valence-corrected chi connectivity index (χ1v) is 7.65. The number of aliphatic carboxylic acids is 1. The molecule has 2 bridgehead atoms. The third-order valence-electron chi connectivity index (χ3n) is 4.84. The predicted molar refractivity (Wildman–Crippen MR) is 75.3 cm³/mol. The highest BCUT2D eigenvalue weighted by Crippen LogP contribution is 2.39. The second-order valence-corrected chi connectivity index (χ2v) is 6.21. The molecule has 2 aliphatic rings. The van der Waals surface area contributed by atoms with Gasteiger partial charge in [-0.2, -0.15) is 0 Å². The summed E-state index contributed by atoms with van der Waals surface area (Å²) in [5, 5.41) is 8.95. The van der Waals surface area contributed by atoms with Crippen molar-refractivity contribution in [3.05, 3.63) is 18.7 Å². The fraction of sp³-hybridized carbons (Fsp3) is 0.733. The molecule has 0 aromatic carbocycles. The molecule has 20 heavy (non-hydrogen) atoms. The molecule has 0 aliphatic carbocycles. The number of aryl methyl sites for hydroxylation is 1. The molecule has 2 aliphatic heterocycles. The lowest BCUT2D eigenvalue weighted by Crippen LogP contribution is -2.43. The highest BCUT2D eigenvalue weighted by Gasteiger charge is 2.40. The van der Waals surface area contributed by atoms with Crippen LogP contribution in [-0.4, -0.2) is 44.2 Å². The Kier molecular flexibility index (Phi) is 4.05. The second-order valence-electron chi connectivity index (χ2n) is 6.21. The summed E-state index contributed by atoms with van der Waals surface area (Å²) in [4.78, 5) is 17.6. The summed E-state index contributed by atoms with van der Waals surface area (Å²) < 4.78 is 2.12. The van der Waals surface area contributed by atoms with Crippen molar-refractivity contribution in [1.82, 2.24) is 14.5 Å². The smallest absolute Gasteiger partial charge is 0.303 e. The molecule has 3 heterocycles. The van der Waals surface area contributed by atoms with Gasteiger partial charge in [0.05, 0.1) is 6.33 Å². The van der Waals surface area contributed by atoms with E-state index >= 15 is 0 Å². The van der Waals surface area contributed by atoms with Gasteiger partial charge in [-0.3, -0.25) is 9.69 Å². The van der Waals surface area contributed by atoms with Gasteiger partial charge in [0.2, 0.25) is 0 Å². The summed E-state index contributed by atoms with van der Waals surface area (Å²) in [6.45, 7) is 2.15. The Morgan fingerprint density at radius 2 is 2.00 bits per heavy atom. The maximum atomic E-state index is 10.9. The van der Waals surface area contributed by atoms with Crippen LogP contribution in [0.1, 0.15) is 38.5 Å². The molecule has 1 aromatic rings. The van der Waals surface area contributed by atoms with Crippen LogP contribution >= 0.6 is 0 Å². The number of carbonyl (C=O) groups is 1. The van der Waals surface area contributed by atoms with E-state index in [9.17, 15) is 4.79 Å². The van der Waals surface area contributed by atoms with E-state index in [1.165, 1.54) is 12.8 Å². The minimum Gasteiger partial charge on any atom is -0.481 e. The molecule has 0 radical (unpaired) electrons. The van der Waals surface area contributed by atoms with Gasteiger partial charge in [0.1, 0.15) is 0 Å². The predicted octanol–water partition coefficient (Wildman–Crippen LogP) is 1.99. The van der Waals surface area contributed by atoms with E-state index in [0.717, 1.165) is 32.4 Å². The minimum atomic E-state index is -0.636. The van der Waals surface area contributed by atoms with Gasteiger partial charge < -0.3 is 9.67 Å². The fourth-order valence-electron chi connectivity index (χ4n) is 4.02. The first-order valence-electron chi connectivity index (χ1n) is 7.65. The average molecular weight is 277 g/mol. The van der Waals surface area contributed by atoms with Crippen LogP contribution in [0.4, 0.5) is 0 Å². The minimum absolute atomic E-state index is 0.357. The lowest BCUT2D eigenvalue weighted by Gasteiger charge is -2.38. The van der Waals surface area contributed by atoms with Crippen molar-refractivity contribution in [2.75, 3.05) is 6.54 Å². The topological polar surface area (TPSA) is 58.4 Å². The Bertz CT molecular complexity index is 432. The van der Waals surface area contributed by atoms with Crippen molar-refractivity contribution in [1.29, 1.82) is 0 Å². The summed E-state index contributed by atoms with van der Waals surface area (Å²) in [6.07, 6.45) is 11.9. The first-order chi connectivity index (χ1) is 9.72. The molecule has 1 aromatic heterocycles. The number of aromatic nitrogens is 2. The van der Waals surface area contributed by atoms with E-state index < -0.39 is 5.97 Å². The maximum Gasteiger partial charge on any atom is 0.303 e. The van der Waals surface area contributed by atoms with Crippen LogP contribution in [0.25, 0.3) is 0 Å². The van der Waals surface area contributed by atoms with Gasteiger partial charge in [0, 0.05) is 44.0 Å². The third kappa shape index (κ3) is 3.03. The van der Waals surface area contributed by atoms with Crippen molar-refractivity contribution in [3.8, 4) is 0 Å². The van der Waals surface area contributed by atoms with Crippen LogP contribution in [0.3, 0.4) is 0 Å². The van der Waals surface area contributed by atoms with E-state index in [2.05, 4.69) is 14.5 Å². The van der Waals surface area contributed by atoms with Crippen molar-refractivity contribution in [3.63, 3.8) is 0 Å². The number of carboxylic acid groups (broad SMARTS) is 1. The number of carboxylic acids is 1. The Morgan fingerprint density at radius 1 is 1.25 bits per heavy atom. The van der Waals surface area contributed by atoms with Crippen molar-refractivity contribution in [2.45, 2.75) is 57.2 Å². The Balaban J connectivity index is 1.48. The monoisotopic (exact) mass is 277 g/mol. The van der Waals surface area contributed by atoms with Crippen molar-refractivity contribution >= 4 is 5.97 Å². The zero-order valence-corrected chi connectivity index (χ0v) is 11.8. The Hall–Kier alpha value is -1.36. The third-order valence-corrected chi connectivity index (χ3v) is 4.84. The molecular weight excluding hydrogens is 254 g/mol. The lowest BCUT2D eigenvalue weighted by molar-refractivity contribution is -0.138. The van der Waals surface area contributed by atoms with E-state index in [4.69, 9.17) is 5.11 Å². The first kappa shape index (κ1) is 13.6. The summed E-state index contributed by atoms with van der Waals surface area (Å²) in [5.41, 5.74) is 0. The van der Waals surface area contributed by atoms with Crippen LogP contribution in [-0.2, 0) is 11.3 Å². The molecule has 2 fully saturated rings. The van der Waals surface area contributed by atoms with Crippen LogP contribution in [0, 0.1) is 5.92 Å². The van der Waals surface area contributed by atoms with Gasteiger partial charge in [0.15, 0.2) is 0 Å². The largest absolute Gasteiger partial charge is 0.481 e. The fourth-order valence-corrected chi connectivity index (χ4v) is 4.02. The van der Waals surface area contributed by atoms with E-state index in [1.54, 1.807) is 0 Å². The van der Waals surface area contributed by atoms with E-state index in [1.807, 2.05) is 18.7 Å². The van der Waals surface area contributed by atoms with Crippen molar-refractivity contribution < 1.29 is 9.90 Å². The normalized spacial score (nSPS) is 29.7.